The molecule has 5 heteroatoms. The lowest BCUT2D eigenvalue weighted by molar-refractivity contribution is 0.714. The summed E-state index contributed by atoms with van der Waals surface area (Å²) in [7, 11) is 0. The van der Waals surface area contributed by atoms with Gasteiger partial charge >= 0.3 is 0 Å². The quantitative estimate of drug-likeness (QED) is 0.636. The molecular weight excluding hydrogens is 268 g/mol. The molecule has 1 atom stereocenters. The van der Waals surface area contributed by atoms with E-state index in [-0.39, 0.29) is 0 Å². The number of aryl methyl sites for hydroxylation is 1. The monoisotopic (exact) mass is 284 g/mol. The van der Waals surface area contributed by atoms with E-state index in [4.69, 9.17) is 5.73 Å². The highest BCUT2D eigenvalue weighted by atomic mass is 79.9. The number of alkyl halides is 1. The smallest absolute Gasteiger partial charge is 0.222 e. The Bertz CT molecular complexity index is 349. The van der Waals surface area contributed by atoms with Gasteiger partial charge in [-0.3, -0.25) is 0 Å². The molecule has 1 fully saturated rings. The first kappa shape index (κ1) is 11.6. The summed E-state index contributed by atoms with van der Waals surface area (Å²) in [5, 5.41) is 0. The molecule has 2 heterocycles. The third kappa shape index (κ3) is 2.64. The number of nitrogens with zero attached hydrogens (tertiary/aromatic N) is 3. The van der Waals surface area contributed by atoms with E-state index in [1.54, 1.807) is 0 Å². The number of rotatable bonds is 1. The molecule has 0 bridgehead atoms. The molecule has 0 saturated carbocycles. The van der Waals surface area contributed by atoms with E-state index in [9.17, 15) is 0 Å². The Labute approximate surface area is 104 Å². The highest BCUT2D eigenvalue weighted by Crippen LogP contribution is 2.26. The van der Waals surface area contributed by atoms with Crippen LogP contribution in [0, 0.1) is 6.92 Å². The van der Waals surface area contributed by atoms with Crippen molar-refractivity contribution in [2.45, 2.75) is 37.6 Å². The Morgan fingerprint density at radius 1 is 1.38 bits per heavy atom. The number of anilines is 2. The van der Waals surface area contributed by atoms with E-state index in [0.717, 1.165) is 24.5 Å². The molecule has 16 heavy (non-hydrogen) atoms. The van der Waals surface area contributed by atoms with Crippen LogP contribution in [0.2, 0.25) is 0 Å². The first-order valence-corrected chi connectivity index (χ1v) is 6.60. The molecule has 1 aromatic heterocycles. The van der Waals surface area contributed by atoms with Crippen LogP contribution in [0.15, 0.2) is 6.07 Å². The van der Waals surface area contributed by atoms with Gasteiger partial charge in [-0.25, -0.2) is 4.98 Å². The molecule has 1 saturated heterocycles. The minimum atomic E-state index is 0.360. The van der Waals surface area contributed by atoms with Crippen LogP contribution in [0.25, 0.3) is 0 Å². The Kier molecular flexibility index (Phi) is 3.63. The van der Waals surface area contributed by atoms with Gasteiger partial charge in [0.2, 0.25) is 5.95 Å². The van der Waals surface area contributed by atoms with E-state index >= 15 is 0 Å². The lowest BCUT2D eigenvalue weighted by atomic mass is 10.2. The van der Waals surface area contributed by atoms with Crippen LogP contribution in [0.3, 0.4) is 0 Å². The summed E-state index contributed by atoms with van der Waals surface area (Å²) in [6.07, 6.45) is 4.93. The number of halogens is 1. The second-order valence-electron chi connectivity index (χ2n) is 4.20. The van der Waals surface area contributed by atoms with Gasteiger partial charge in [-0.15, -0.1) is 0 Å². The van der Waals surface area contributed by atoms with Gasteiger partial charge in [-0.2, -0.15) is 4.98 Å². The fourth-order valence-electron chi connectivity index (χ4n) is 2.05. The van der Waals surface area contributed by atoms with Crippen molar-refractivity contribution < 1.29 is 0 Å². The molecule has 0 unspecified atom stereocenters. The molecular formula is C11H17BrN4. The van der Waals surface area contributed by atoms with Crippen LogP contribution in [-0.4, -0.2) is 21.5 Å². The second-order valence-corrected chi connectivity index (χ2v) is 5.26. The summed E-state index contributed by atoms with van der Waals surface area (Å²) >= 11 is 3.72. The standard InChI is InChI=1S/C11H17BrN4/c1-8-7-10(15-11(13)14-8)16-6-4-2-3-5-9(16)12/h7,9H,2-6H2,1H3,(H2,13,14,15)/t9-/m0/s1. The van der Waals surface area contributed by atoms with Gasteiger partial charge in [-0.05, 0) is 19.8 Å². The van der Waals surface area contributed by atoms with E-state index in [1.807, 2.05) is 13.0 Å². The zero-order chi connectivity index (χ0) is 11.5. The lowest BCUT2D eigenvalue weighted by Gasteiger charge is -2.27. The summed E-state index contributed by atoms with van der Waals surface area (Å²) in [5.74, 6) is 1.30. The predicted molar refractivity (Wildman–Crippen MR) is 69.7 cm³/mol. The van der Waals surface area contributed by atoms with Crippen LogP contribution >= 0.6 is 15.9 Å². The number of hydrogen-bond acceptors (Lipinski definition) is 4. The molecule has 2 rings (SSSR count). The Balaban J connectivity index is 2.26. The van der Waals surface area contributed by atoms with Gasteiger partial charge in [-0.1, -0.05) is 28.8 Å². The summed E-state index contributed by atoms with van der Waals surface area (Å²) in [6, 6.07) is 2.00. The number of hydrogen-bond donors (Lipinski definition) is 1. The molecule has 2 N–H and O–H groups in total. The maximum Gasteiger partial charge on any atom is 0.222 e. The lowest BCUT2D eigenvalue weighted by Crippen LogP contribution is -2.31. The average molecular weight is 285 g/mol. The van der Waals surface area contributed by atoms with Crippen LogP contribution in [-0.2, 0) is 0 Å². The number of nitrogens with two attached hydrogens (primary N) is 1. The van der Waals surface area contributed by atoms with Crippen molar-refractivity contribution in [2.24, 2.45) is 0 Å². The highest BCUT2D eigenvalue weighted by Gasteiger charge is 2.20. The minimum Gasteiger partial charge on any atom is -0.368 e. The third-order valence-electron chi connectivity index (χ3n) is 2.83. The van der Waals surface area contributed by atoms with Gasteiger partial charge in [0, 0.05) is 18.3 Å². The zero-order valence-corrected chi connectivity index (χ0v) is 11.1. The molecule has 88 valence electrons. The summed E-state index contributed by atoms with van der Waals surface area (Å²) in [6.45, 7) is 2.98. The largest absolute Gasteiger partial charge is 0.368 e. The van der Waals surface area contributed by atoms with Crippen molar-refractivity contribution in [3.63, 3.8) is 0 Å². The summed E-state index contributed by atoms with van der Waals surface area (Å²) in [5.41, 5.74) is 6.61. The average Bonchev–Trinajstić information content (AvgIpc) is 2.41. The minimum absolute atomic E-state index is 0.360. The van der Waals surface area contributed by atoms with Crippen LogP contribution < -0.4 is 10.6 Å². The van der Waals surface area contributed by atoms with E-state index in [0.29, 0.717) is 10.9 Å². The van der Waals surface area contributed by atoms with Gasteiger partial charge in [0.15, 0.2) is 0 Å². The number of nitrogen functional groups attached to an aromatic ring is 1. The molecule has 0 aromatic carbocycles. The SMILES string of the molecule is Cc1cc(N2CCCCC[C@H]2Br)nc(N)n1. The van der Waals surface area contributed by atoms with Crippen LogP contribution in [0.4, 0.5) is 11.8 Å². The van der Waals surface area contributed by atoms with Crippen molar-refractivity contribution in [3.05, 3.63) is 11.8 Å². The molecule has 1 aliphatic rings. The molecule has 1 aromatic rings. The third-order valence-corrected chi connectivity index (χ3v) is 3.78. The van der Waals surface area contributed by atoms with Crippen molar-refractivity contribution in [1.82, 2.24) is 9.97 Å². The van der Waals surface area contributed by atoms with Gasteiger partial charge in [0.05, 0.1) is 4.95 Å². The highest BCUT2D eigenvalue weighted by molar-refractivity contribution is 9.09. The van der Waals surface area contributed by atoms with Crippen molar-refractivity contribution in [1.29, 1.82) is 0 Å². The zero-order valence-electron chi connectivity index (χ0n) is 9.49. The van der Waals surface area contributed by atoms with Crippen molar-refractivity contribution >= 4 is 27.7 Å². The maximum absolute atomic E-state index is 5.69. The fourth-order valence-corrected chi connectivity index (χ4v) is 2.79. The van der Waals surface area contributed by atoms with E-state index < -0.39 is 0 Å². The van der Waals surface area contributed by atoms with E-state index in [1.165, 1.54) is 19.3 Å². The van der Waals surface area contributed by atoms with Crippen molar-refractivity contribution in [2.75, 3.05) is 17.2 Å². The number of aromatic nitrogens is 2. The molecule has 0 radical (unpaired) electrons. The molecule has 1 aliphatic heterocycles. The van der Waals surface area contributed by atoms with Crippen molar-refractivity contribution in [3.8, 4) is 0 Å². The first-order valence-electron chi connectivity index (χ1n) is 5.68. The van der Waals surface area contributed by atoms with E-state index in [2.05, 4.69) is 30.8 Å². The Morgan fingerprint density at radius 2 is 2.19 bits per heavy atom. The van der Waals surface area contributed by atoms with Gasteiger partial charge in [0.1, 0.15) is 5.82 Å². The first-order chi connectivity index (χ1) is 7.66. The Morgan fingerprint density at radius 3 is 2.94 bits per heavy atom. The molecule has 0 aliphatic carbocycles. The maximum atomic E-state index is 5.69. The molecule has 0 amide bonds. The summed E-state index contributed by atoms with van der Waals surface area (Å²) in [4.78, 5) is 11.1. The Hall–Kier alpha value is -0.840. The van der Waals surface area contributed by atoms with Crippen LogP contribution in [0.1, 0.15) is 31.4 Å². The topological polar surface area (TPSA) is 55.0 Å². The van der Waals surface area contributed by atoms with Gasteiger partial charge in [0.25, 0.3) is 0 Å². The van der Waals surface area contributed by atoms with Crippen LogP contribution in [0.5, 0.6) is 0 Å². The fraction of sp³-hybridized carbons (Fsp3) is 0.636. The summed E-state index contributed by atoms with van der Waals surface area (Å²) < 4.78 is 0. The molecule has 4 nitrogen and oxygen atoms in total. The predicted octanol–water partition coefficient (Wildman–Crippen LogP) is 2.47. The normalized spacial score (nSPS) is 21.9. The van der Waals surface area contributed by atoms with Gasteiger partial charge < -0.3 is 10.6 Å². The molecule has 0 spiro atoms. The second kappa shape index (κ2) is 4.99.